The van der Waals surface area contributed by atoms with E-state index >= 15 is 0 Å². The van der Waals surface area contributed by atoms with E-state index in [1.54, 1.807) is 0 Å². The van der Waals surface area contributed by atoms with Crippen LogP contribution in [0.4, 0.5) is 0 Å². The minimum atomic E-state index is -0.00371. The molecule has 0 atom stereocenters. The van der Waals surface area contributed by atoms with Crippen LogP contribution in [0.3, 0.4) is 0 Å². The van der Waals surface area contributed by atoms with Crippen molar-refractivity contribution in [2.75, 3.05) is 0 Å². The van der Waals surface area contributed by atoms with Gasteiger partial charge in [-0.2, -0.15) is 0 Å². The maximum atomic E-state index is 3.48. The second-order valence-corrected chi connectivity index (χ2v) is 9.00. The molecule has 1 heterocycles. The maximum Gasteiger partial charge on any atom is 0.0489 e. The van der Waals surface area contributed by atoms with E-state index in [9.17, 15) is 0 Å². The first-order valence-electron chi connectivity index (χ1n) is 10.0. The smallest absolute Gasteiger partial charge is 0.0489 e. The van der Waals surface area contributed by atoms with Crippen molar-refractivity contribution in [3.63, 3.8) is 0 Å². The molecular weight excluding hydrogens is 326 g/mol. The number of nitrogens with one attached hydrogen (secondary N) is 1. The average molecular weight is 358 g/mol. The second-order valence-electron chi connectivity index (χ2n) is 9.00. The highest BCUT2D eigenvalue weighted by molar-refractivity contribution is 5.90. The zero-order valence-electron chi connectivity index (χ0n) is 18.0. The molecule has 3 aromatic rings. The van der Waals surface area contributed by atoms with Crippen LogP contribution in [0.5, 0.6) is 0 Å². The number of benzene rings is 2. The number of H-pyrrole nitrogens is 1. The fourth-order valence-electron chi connectivity index (χ4n) is 5.08. The van der Waals surface area contributed by atoms with E-state index in [0.717, 1.165) is 6.42 Å². The van der Waals surface area contributed by atoms with Gasteiger partial charge >= 0.3 is 0 Å². The van der Waals surface area contributed by atoms with E-state index in [1.165, 1.54) is 66.5 Å². The molecule has 0 radical (unpaired) electrons. The van der Waals surface area contributed by atoms with Gasteiger partial charge in [-0.25, -0.2) is 0 Å². The van der Waals surface area contributed by atoms with Crippen molar-refractivity contribution < 1.29 is 0 Å². The molecule has 1 aliphatic rings. The van der Waals surface area contributed by atoms with Crippen molar-refractivity contribution in [3.8, 4) is 0 Å². The highest BCUT2D eigenvalue weighted by atomic mass is 14.7. The van der Waals surface area contributed by atoms with E-state index in [4.69, 9.17) is 0 Å². The predicted octanol–water partition coefficient (Wildman–Crippen LogP) is 6.94. The Balaban J connectivity index is 1.93. The Kier molecular flexibility index (Phi) is 3.93. The Morgan fingerprint density at radius 3 is 2.26 bits per heavy atom. The predicted molar refractivity (Wildman–Crippen MR) is 118 cm³/mol. The Morgan fingerprint density at radius 1 is 0.852 bits per heavy atom. The first-order chi connectivity index (χ1) is 12.6. The molecule has 1 heteroatoms. The van der Waals surface area contributed by atoms with Gasteiger partial charge in [-0.15, -0.1) is 0 Å². The zero-order chi connectivity index (χ0) is 19.7. The number of aryl methyl sites for hydroxylation is 2. The number of hydrogen-bond acceptors (Lipinski definition) is 0. The summed E-state index contributed by atoms with van der Waals surface area (Å²) in [5.41, 5.74) is 15.7. The molecule has 1 aliphatic carbocycles. The molecule has 2 aromatic carbocycles. The molecule has 0 spiro atoms. The summed E-state index contributed by atoms with van der Waals surface area (Å²) in [7, 11) is 0. The van der Waals surface area contributed by atoms with Gasteiger partial charge in [0.2, 0.25) is 0 Å². The van der Waals surface area contributed by atoms with Crippen molar-refractivity contribution in [2.45, 2.75) is 67.2 Å². The molecule has 140 valence electrons. The van der Waals surface area contributed by atoms with E-state index in [2.05, 4.69) is 84.8 Å². The third-order valence-corrected chi connectivity index (χ3v) is 7.31. The van der Waals surface area contributed by atoms with Crippen LogP contribution in [0.25, 0.3) is 17.0 Å². The third-order valence-electron chi connectivity index (χ3n) is 7.31. The van der Waals surface area contributed by atoms with Crippen LogP contribution in [-0.2, 0) is 11.8 Å². The van der Waals surface area contributed by atoms with Gasteiger partial charge in [0.25, 0.3) is 0 Å². The fraction of sp³-hybridized carbons (Fsp3) is 0.385. The van der Waals surface area contributed by atoms with Crippen LogP contribution in [-0.4, -0.2) is 4.98 Å². The molecule has 0 amide bonds. The maximum absolute atomic E-state index is 3.48. The lowest BCUT2D eigenvalue weighted by Crippen LogP contribution is -2.23. The fourth-order valence-corrected chi connectivity index (χ4v) is 5.08. The number of aromatic amines is 1. The molecular formula is C26H31N. The SMILES string of the molecule is Cc1cc2c(c(C)c1C)C=C(C(C)(C)c1c(C)c(C)c(C)c3[nH]ccc13)C2. The van der Waals surface area contributed by atoms with Crippen LogP contribution < -0.4 is 0 Å². The standard InChI is InChI=1S/C26H31N/c1-14-11-20-12-21(13-23(20)17(4)15(14)2)26(7,8)24-18(5)16(3)19(6)25-22(24)9-10-27-25/h9-11,13,27H,12H2,1-8H3. The summed E-state index contributed by atoms with van der Waals surface area (Å²) >= 11 is 0. The van der Waals surface area contributed by atoms with Gasteiger partial charge in [0.1, 0.15) is 0 Å². The van der Waals surface area contributed by atoms with Crippen LogP contribution in [0, 0.1) is 41.5 Å². The average Bonchev–Trinajstić information content (AvgIpc) is 3.25. The number of allylic oxidation sites excluding steroid dienone is 1. The summed E-state index contributed by atoms with van der Waals surface area (Å²) in [4.78, 5) is 3.48. The largest absolute Gasteiger partial charge is 0.361 e. The lowest BCUT2D eigenvalue weighted by atomic mass is 9.72. The molecule has 0 bridgehead atoms. The quantitative estimate of drug-likeness (QED) is 0.511. The van der Waals surface area contributed by atoms with Crippen LogP contribution in [0.2, 0.25) is 0 Å². The Labute approximate surface area is 163 Å². The molecule has 1 nitrogen and oxygen atoms in total. The van der Waals surface area contributed by atoms with E-state index in [-0.39, 0.29) is 5.41 Å². The first kappa shape index (κ1) is 18.1. The van der Waals surface area contributed by atoms with Crippen LogP contribution in [0.15, 0.2) is 23.9 Å². The zero-order valence-corrected chi connectivity index (χ0v) is 18.0. The van der Waals surface area contributed by atoms with Gasteiger partial charge in [-0.1, -0.05) is 31.6 Å². The minimum absolute atomic E-state index is 0.00371. The summed E-state index contributed by atoms with van der Waals surface area (Å²) in [6.45, 7) is 18.4. The molecule has 0 saturated heterocycles. The number of hydrogen-bond donors (Lipinski definition) is 1. The Bertz CT molecular complexity index is 1120. The number of fused-ring (bicyclic) bond motifs is 2. The van der Waals surface area contributed by atoms with Gasteiger partial charge in [-0.3, -0.25) is 0 Å². The third kappa shape index (κ3) is 2.44. The van der Waals surface area contributed by atoms with Gasteiger partial charge in [-0.05, 0) is 104 Å². The number of rotatable bonds is 2. The normalized spacial score (nSPS) is 14.0. The molecule has 1 aromatic heterocycles. The van der Waals surface area contributed by atoms with Gasteiger partial charge in [0, 0.05) is 22.5 Å². The lowest BCUT2D eigenvalue weighted by Gasteiger charge is -2.31. The van der Waals surface area contributed by atoms with Crippen LogP contribution in [0.1, 0.15) is 63.9 Å². The highest BCUT2D eigenvalue weighted by Gasteiger charge is 2.33. The topological polar surface area (TPSA) is 15.8 Å². The molecule has 4 rings (SSSR count). The summed E-state index contributed by atoms with van der Waals surface area (Å²) in [5, 5.41) is 1.38. The summed E-state index contributed by atoms with van der Waals surface area (Å²) in [6.07, 6.45) is 5.62. The number of aromatic nitrogens is 1. The van der Waals surface area contributed by atoms with Crippen LogP contribution >= 0.6 is 0 Å². The van der Waals surface area contributed by atoms with Crippen molar-refractivity contribution >= 4 is 17.0 Å². The van der Waals surface area contributed by atoms with E-state index in [0.29, 0.717) is 0 Å². The van der Waals surface area contributed by atoms with E-state index in [1.807, 2.05) is 0 Å². The molecule has 0 unspecified atom stereocenters. The first-order valence-corrected chi connectivity index (χ1v) is 10.0. The second kappa shape index (κ2) is 5.86. The minimum Gasteiger partial charge on any atom is -0.361 e. The highest BCUT2D eigenvalue weighted by Crippen LogP contribution is 2.45. The lowest BCUT2D eigenvalue weighted by molar-refractivity contribution is 0.616. The molecule has 0 fully saturated rings. The molecule has 27 heavy (non-hydrogen) atoms. The van der Waals surface area contributed by atoms with Crippen molar-refractivity contribution in [3.05, 3.63) is 74.0 Å². The summed E-state index contributed by atoms with van der Waals surface area (Å²) in [5.74, 6) is 0. The van der Waals surface area contributed by atoms with Crippen molar-refractivity contribution in [1.82, 2.24) is 4.98 Å². The Hall–Kier alpha value is -2.28. The molecule has 0 saturated carbocycles. The monoisotopic (exact) mass is 357 g/mol. The van der Waals surface area contributed by atoms with Gasteiger partial charge < -0.3 is 4.98 Å². The Morgan fingerprint density at radius 2 is 1.56 bits per heavy atom. The van der Waals surface area contributed by atoms with Gasteiger partial charge in [0.05, 0.1) is 0 Å². The van der Waals surface area contributed by atoms with Crippen molar-refractivity contribution in [2.24, 2.45) is 0 Å². The van der Waals surface area contributed by atoms with Gasteiger partial charge in [0.15, 0.2) is 0 Å². The molecule has 1 N–H and O–H groups in total. The van der Waals surface area contributed by atoms with Crippen molar-refractivity contribution in [1.29, 1.82) is 0 Å². The summed E-state index contributed by atoms with van der Waals surface area (Å²) < 4.78 is 0. The van der Waals surface area contributed by atoms with E-state index < -0.39 is 0 Å². The summed E-state index contributed by atoms with van der Waals surface area (Å²) in [6, 6.07) is 4.66. The molecule has 0 aliphatic heterocycles.